The normalized spacial score (nSPS) is 16.1. The van der Waals surface area contributed by atoms with Crippen LogP contribution >= 0.6 is 11.5 Å². The zero-order valence-electron chi connectivity index (χ0n) is 17.8. The maximum atomic E-state index is 13.3. The number of benzene rings is 2. The van der Waals surface area contributed by atoms with E-state index in [0.29, 0.717) is 36.1 Å². The van der Waals surface area contributed by atoms with Crippen LogP contribution in [0.4, 0.5) is 0 Å². The first-order valence-electron chi connectivity index (χ1n) is 10.8. The summed E-state index contributed by atoms with van der Waals surface area (Å²) in [6.07, 6.45) is 1.72. The molecular formula is C24H24N4O3S. The van der Waals surface area contributed by atoms with Gasteiger partial charge in [0.2, 0.25) is 5.91 Å². The molecular weight excluding hydrogens is 424 g/mol. The molecule has 0 unspecified atom stereocenters. The molecule has 1 N–H and O–H groups in total. The van der Waals surface area contributed by atoms with Crippen molar-refractivity contribution in [3.05, 3.63) is 70.2 Å². The number of fused-ring (bicyclic) bond motifs is 2. The van der Waals surface area contributed by atoms with Gasteiger partial charge in [-0.1, -0.05) is 40.9 Å². The Bertz CT molecular complexity index is 1110. The van der Waals surface area contributed by atoms with Gasteiger partial charge in [-0.15, -0.1) is 5.10 Å². The summed E-state index contributed by atoms with van der Waals surface area (Å²) in [7, 11) is 0. The number of likely N-dealkylation sites (tertiary alicyclic amines) is 1. The lowest BCUT2D eigenvalue weighted by Gasteiger charge is -2.32. The molecule has 1 saturated heterocycles. The van der Waals surface area contributed by atoms with Crippen molar-refractivity contribution in [3.63, 3.8) is 0 Å². The van der Waals surface area contributed by atoms with Crippen LogP contribution in [0.5, 0.6) is 11.5 Å². The molecule has 0 radical (unpaired) electrons. The van der Waals surface area contributed by atoms with Crippen molar-refractivity contribution in [3.8, 4) is 11.5 Å². The number of carbonyl (C=O) groups is 2. The fraction of sp³-hybridized carbons (Fsp3) is 0.333. The molecule has 2 aromatic carbocycles. The number of hydrogen-bond donors (Lipinski definition) is 1. The van der Waals surface area contributed by atoms with E-state index in [0.717, 1.165) is 47.0 Å². The Morgan fingerprint density at radius 2 is 1.69 bits per heavy atom. The Morgan fingerprint density at radius 1 is 1.06 bits per heavy atom. The van der Waals surface area contributed by atoms with Crippen LogP contribution in [-0.2, 0) is 4.79 Å². The maximum Gasteiger partial charge on any atom is 0.267 e. The van der Waals surface area contributed by atoms with Crippen molar-refractivity contribution in [2.75, 3.05) is 19.6 Å². The summed E-state index contributed by atoms with van der Waals surface area (Å²) >= 11 is 1.15. The van der Waals surface area contributed by atoms with Crippen molar-refractivity contribution in [2.45, 2.75) is 25.7 Å². The second-order valence-corrected chi connectivity index (χ2v) is 9.03. The summed E-state index contributed by atoms with van der Waals surface area (Å²) in [6, 6.07) is 15.4. The number of nitrogens with one attached hydrogen (secondary N) is 1. The van der Waals surface area contributed by atoms with Gasteiger partial charge in [-0.3, -0.25) is 9.59 Å². The van der Waals surface area contributed by atoms with Gasteiger partial charge in [0, 0.05) is 30.8 Å². The van der Waals surface area contributed by atoms with Crippen LogP contribution < -0.4 is 10.1 Å². The van der Waals surface area contributed by atoms with Gasteiger partial charge in [0.05, 0.1) is 11.6 Å². The first-order chi connectivity index (χ1) is 15.6. The van der Waals surface area contributed by atoms with E-state index < -0.39 is 0 Å². The molecule has 3 aromatic rings. The molecule has 164 valence electrons. The van der Waals surface area contributed by atoms with Crippen LogP contribution in [0, 0.1) is 12.8 Å². The average molecular weight is 449 g/mol. The van der Waals surface area contributed by atoms with Crippen LogP contribution in [0.2, 0.25) is 0 Å². The number of nitrogens with zero attached hydrogens (tertiary/aromatic N) is 3. The quantitative estimate of drug-likeness (QED) is 0.657. The van der Waals surface area contributed by atoms with E-state index in [1.54, 1.807) is 0 Å². The summed E-state index contributed by atoms with van der Waals surface area (Å²) < 4.78 is 9.87. The molecule has 0 spiro atoms. The van der Waals surface area contributed by atoms with Crippen molar-refractivity contribution in [2.24, 2.45) is 5.92 Å². The molecule has 2 aliphatic rings. The molecule has 0 saturated carbocycles. The summed E-state index contributed by atoms with van der Waals surface area (Å²) in [5.41, 5.74) is 2.46. The van der Waals surface area contributed by atoms with Gasteiger partial charge < -0.3 is 15.0 Å². The molecule has 5 rings (SSSR count). The summed E-state index contributed by atoms with van der Waals surface area (Å²) in [5.74, 6) is 1.40. The molecule has 0 bridgehead atoms. The smallest absolute Gasteiger partial charge is 0.267 e. The Hall–Kier alpha value is -3.26. The monoisotopic (exact) mass is 448 g/mol. The highest BCUT2D eigenvalue weighted by Gasteiger charge is 2.33. The SMILES string of the molecule is Cc1nnsc1C(=O)N1CCC(CNC(=O)C2c3ccccc3Oc3ccccc32)CC1. The molecule has 1 fully saturated rings. The molecule has 7 nitrogen and oxygen atoms in total. The van der Waals surface area contributed by atoms with E-state index in [1.807, 2.05) is 60.4 Å². The molecule has 3 heterocycles. The number of aromatic nitrogens is 2. The van der Waals surface area contributed by atoms with Crippen molar-refractivity contribution in [1.29, 1.82) is 0 Å². The zero-order valence-corrected chi connectivity index (χ0v) is 18.6. The predicted octanol–water partition coefficient (Wildman–Crippen LogP) is 3.75. The third-order valence-electron chi connectivity index (χ3n) is 6.25. The van der Waals surface area contributed by atoms with E-state index in [-0.39, 0.29) is 17.7 Å². The summed E-state index contributed by atoms with van der Waals surface area (Å²) in [6.45, 7) is 3.77. The van der Waals surface area contributed by atoms with Gasteiger partial charge in [0.25, 0.3) is 5.91 Å². The van der Waals surface area contributed by atoms with Crippen LogP contribution in [0.3, 0.4) is 0 Å². The average Bonchev–Trinajstić information content (AvgIpc) is 3.26. The number of rotatable bonds is 4. The Kier molecular flexibility index (Phi) is 5.61. The van der Waals surface area contributed by atoms with Gasteiger partial charge in [0.1, 0.15) is 16.4 Å². The van der Waals surface area contributed by atoms with Crippen LogP contribution in [0.1, 0.15) is 45.3 Å². The number of piperidine rings is 1. The molecule has 0 atom stereocenters. The fourth-order valence-corrected chi connectivity index (χ4v) is 5.08. The number of carbonyl (C=O) groups excluding carboxylic acids is 2. The third-order valence-corrected chi connectivity index (χ3v) is 7.07. The van der Waals surface area contributed by atoms with Crippen molar-refractivity contribution in [1.82, 2.24) is 19.8 Å². The topological polar surface area (TPSA) is 84.4 Å². The summed E-state index contributed by atoms with van der Waals surface area (Å²) in [4.78, 5) is 28.4. The second kappa shape index (κ2) is 8.70. The number of hydrogen-bond acceptors (Lipinski definition) is 6. The minimum atomic E-state index is -0.389. The van der Waals surface area contributed by atoms with Crippen LogP contribution in [0.15, 0.2) is 48.5 Å². The van der Waals surface area contributed by atoms with Crippen LogP contribution in [-0.4, -0.2) is 45.9 Å². The highest BCUT2D eigenvalue weighted by molar-refractivity contribution is 7.07. The fourth-order valence-electron chi connectivity index (χ4n) is 4.45. The number of para-hydroxylation sites is 2. The van der Waals surface area contributed by atoms with Gasteiger partial charge in [0.15, 0.2) is 0 Å². The molecule has 1 aromatic heterocycles. The standard InChI is InChI=1S/C24H24N4O3S/c1-15-22(32-27-26-15)24(30)28-12-10-16(11-13-28)14-25-23(29)21-17-6-2-4-8-19(17)31-20-9-5-3-7-18(20)21/h2-9,16,21H,10-14H2,1H3,(H,25,29). The predicted molar refractivity (Wildman–Crippen MR) is 121 cm³/mol. The minimum absolute atomic E-state index is 0.00963. The van der Waals surface area contributed by atoms with E-state index in [4.69, 9.17) is 4.74 Å². The largest absolute Gasteiger partial charge is 0.457 e. The lowest BCUT2D eigenvalue weighted by Crippen LogP contribution is -2.42. The first kappa shape index (κ1) is 20.6. The number of ether oxygens (including phenoxy) is 1. The second-order valence-electron chi connectivity index (χ2n) is 8.28. The lowest BCUT2D eigenvalue weighted by molar-refractivity contribution is -0.122. The molecule has 32 heavy (non-hydrogen) atoms. The highest BCUT2D eigenvalue weighted by atomic mass is 32.1. The highest BCUT2D eigenvalue weighted by Crippen LogP contribution is 2.43. The number of aryl methyl sites for hydroxylation is 1. The van der Waals surface area contributed by atoms with E-state index in [1.165, 1.54) is 0 Å². The molecule has 0 aliphatic carbocycles. The first-order valence-corrected chi connectivity index (χ1v) is 11.6. The van der Waals surface area contributed by atoms with Gasteiger partial charge in [-0.05, 0) is 49.3 Å². The zero-order chi connectivity index (χ0) is 22.1. The van der Waals surface area contributed by atoms with Gasteiger partial charge in [-0.2, -0.15) is 0 Å². The van der Waals surface area contributed by atoms with Crippen LogP contribution in [0.25, 0.3) is 0 Å². The van der Waals surface area contributed by atoms with Crippen molar-refractivity contribution < 1.29 is 14.3 Å². The number of amides is 2. The molecule has 8 heteroatoms. The van der Waals surface area contributed by atoms with E-state index in [2.05, 4.69) is 14.9 Å². The minimum Gasteiger partial charge on any atom is -0.457 e. The maximum absolute atomic E-state index is 13.3. The summed E-state index contributed by atoms with van der Waals surface area (Å²) in [5, 5.41) is 7.11. The van der Waals surface area contributed by atoms with E-state index >= 15 is 0 Å². The molecule has 2 aliphatic heterocycles. The molecule has 2 amide bonds. The Balaban J connectivity index is 1.22. The van der Waals surface area contributed by atoms with E-state index in [9.17, 15) is 9.59 Å². The Morgan fingerprint density at radius 3 is 2.28 bits per heavy atom. The van der Waals surface area contributed by atoms with Crippen molar-refractivity contribution >= 4 is 23.3 Å². The van der Waals surface area contributed by atoms with Gasteiger partial charge >= 0.3 is 0 Å². The Labute approximate surface area is 190 Å². The lowest BCUT2D eigenvalue weighted by atomic mass is 9.87. The third kappa shape index (κ3) is 3.86. The van der Waals surface area contributed by atoms with Gasteiger partial charge in [-0.25, -0.2) is 0 Å².